The zero-order valence-electron chi connectivity index (χ0n) is 14.6. The third kappa shape index (κ3) is 5.13. The van der Waals surface area contributed by atoms with E-state index in [-0.39, 0.29) is 0 Å². The minimum absolute atomic E-state index is 0.634. The molecule has 0 aliphatic carbocycles. The highest BCUT2D eigenvalue weighted by Crippen LogP contribution is 2.08. The molecule has 0 saturated heterocycles. The molecule has 5 heteroatoms. The number of aryl methyl sites for hydroxylation is 2. The van der Waals surface area contributed by atoms with Gasteiger partial charge in [0.2, 0.25) is 0 Å². The van der Waals surface area contributed by atoms with Gasteiger partial charge in [-0.15, -0.1) is 0 Å². The van der Waals surface area contributed by atoms with Gasteiger partial charge >= 0.3 is 0 Å². The van der Waals surface area contributed by atoms with Crippen molar-refractivity contribution in [1.82, 2.24) is 20.0 Å². The van der Waals surface area contributed by atoms with Gasteiger partial charge in [-0.05, 0) is 24.5 Å². The lowest BCUT2D eigenvalue weighted by molar-refractivity contribution is 0.476. The molecule has 0 amide bonds. The first kappa shape index (κ1) is 17.1. The van der Waals surface area contributed by atoms with Crippen LogP contribution in [0.25, 0.3) is 0 Å². The predicted molar refractivity (Wildman–Crippen MR) is 95.3 cm³/mol. The van der Waals surface area contributed by atoms with Crippen LogP contribution in [0, 0.1) is 0 Å². The standard InChI is InChI=1S/C18H27N5/c1-5-15-7-9-16(10-8-15)13-22(3)18(19-6-2)20-11-17-12-21-23(4)14-17/h7-10,12,14H,5-6,11,13H2,1-4H3,(H,19,20). The fourth-order valence-electron chi connectivity index (χ4n) is 2.42. The summed E-state index contributed by atoms with van der Waals surface area (Å²) in [6.07, 6.45) is 4.93. The molecule has 0 aliphatic rings. The van der Waals surface area contributed by atoms with Crippen molar-refractivity contribution in [2.24, 2.45) is 12.0 Å². The molecule has 0 saturated carbocycles. The van der Waals surface area contributed by atoms with Gasteiger partial charge in [0.05, 0.1) is 12.7 Å². The zero-order chi connectivity index (χ0) is 16.7. The second-order valence-electron chi connectivity index (χ2n) is 5.72. The Kier molecular flexibility index (Phi) is 6.20. The molecule has 124 valence electrons. The van der Waals surface area contributed by atoms with Crippen molar-refractivity contribution in [3.8, 4) is 0 Å². The lowest BCUT2D eigenvalue weighted by Crippen LogP contribution is -2.38. The molecule has 1 aromatic heterocycles. The summed E-state index contributed by atoms with van der Waals surface area (Å²) in [7, 11) is 3.99. The number of hydrogen-bond donors (Lipinski definition) is 1. The van der Waals surface area contributed by atoms with Crippen molar-refractivity contribution >= 4 is 5.96 Å². The van der Waals surface area contributed by atoms with Gasteiger partial charge < -0.3 is 10.2 Å². The number of nitrogens with one attached hydrogen (secondary N) is 1. The van der Waals surface area contributed by atoms with E-state index in [4.69, 9.17) is 4.99 Å². The van der Waals surface area contributed by atoms with Gasteiger partial charge in [0.25, 0.3) is 0 Å². The largest absolute Gasteiger partial charge is 0.357 e. The highest BCUT2D eigenvalue weighted by Gasteiger charge is 2.07. The molecule has 0 atom stereocenters. The van der Waals surface area contributed by atoms with E-state index in [1.165, 1.54) is 11.1 Å². The van der Waals surface area contributed by atoms with Gasteiger partial charge in [-0.2, -0.15) is 5.10 Å². The minimum Gasteiger partial charge on any atom is -0.357 e. The second-order valence-corrected chi connectivity index (χ2v) is 5.72. The van der Waals surface area contributed by atoms with Crippen LogP contribution in [-0.2, 0) is 26.6 Å². The van der Waals surface area contributed by atoms with Gasteiger partial charge in [0.15, 0.2) is 5.96 Å². The number of nitrogens with zero attached hydrogens (tertiary/aromatic N) is 4. The molecule has 2 aromatic rings. The van der Waals surface area contributed by atoms with Crippen molar-refractivity contribution in [2.75, 3.05) is 13.6 Å². The Morgan fingerprint density at radius 2 is 1.87 bits per heavy atom. The van der Waals surface area contributed by atoms with Gasteiger partial charge in [-0.25, -0.2) is 4.99 Å². The van der Waals surface area contributed by atoms with Crippen LogP contribution in [0.4, 0.5) is 0 Å². The Balaban J connectivity index is 2.02. The Morgan fingerprint density at radius 3 is 2.43 bits per heavy atom. The summed E-state index contributed by atoms with van der Waals surface area (Å²) in [6, 6.07) is 8.78. The van der Waals surface area contributed by atoms with Crippen LogP contribution < -0.4 is 5.32 Å². The van der Waals surface area contributed by atoms with Crippen molar-refractivity contribution in [1.29, 1.82) is 0 Å². The van der Waals surface area contributed by atoms with Gasteiger partial charge in [0, 0.05) is 38.9 Å². The first-order valence-electron chi connectivity index (χ1n) is 8.17. The molecule has 23 heavy (non-hydrogen) atoms. The Labute approximate surface area is 139 Å². The van der Waals surface area contributed by atoms with Gasteiger partial charge in [0.1, 0.15) is 0 Å². The van der Waals surface area contributed by atoms with Crippen LogP contribution in [0.1, 0.15) is 30.5 Å². The molecule has 0 radical (unpaired) electrons. The minimum atomic E-state index is 0.634. The number of benzene rings is 1. The molecule has 1 N–H and O–H groups in total. The lowest BCUT2D eigenvalue weighted by Gasteiger charge is -2.22. The number of hydrogen-bond acceptors (Lipinski definition) is 2. The molecule has 1 heterocycles. The maximum Gasteiger partial charge on any atom is 0.194 e. The maximum absolute atomic E-state index is 4.70. The normalized spacial score (nSPS) is 11.6. The van der Waals surface area contributed by atoms with E-state index >= 15 is 0 Å². The van der Waals surface area contributed by atoms with E-state index in [1.54, 1.807) is 4.68 Å². The fourth-order valence-corrected chi connectivity index (χ4v) is 2.42. The molecule has 0 unspecified atom stereocenters. The van der Waals surface area contributed by atoms with E-state index in [9.17, 15) is 0 Å². The van der Waals surface area contributed by atoms with Crippen LogP contribution in [0.3, 0.4) is 0 Å². The van der Waals surface area contributed by atoms with E-state index in [0.717, 1.165) is 31.0 Å². The molecule has 0 aliphatic heterocycles. The highest BCUT2D eigenvalue weighted by atomic mass is 15.3. The third-order valence-electron chi connectivity index (χ3n) is 3.72. The monoisotopic (exact) mass is 313 g/mol. The number of aliphatic imine (C=N–C) groups is 1. The van der Waals surface area contributed by atoms with E-state index in [1.807, 2.05) is 19.4 Å². The summed E-state index contributed by atoms with van der Waals surface area (Å²) in [5.41, 5.74) is 3.77. The average molecular weight is 313 g/mol. The average Bonchev–Trinajstić information content (AvgIpc) is 2.97. The summed E-state index contributed by atoms with van der Waals surface area (Å²) in [4.78, 5) is 6.86. The van der Waals surface area contributed by atoms with Crippen LogP contribution >= 0.6 is 0 Å². The highest BCUT2D eigenvalue weighted by molar-refractivity contribution is 5.79. The SMILES string of the molecule is CCNC(=NCc1cnn(C)c1)N(C)Cc1ccc(CC)cc1. The van der Waals surface area contributed by atoms with Crippen molar-refractivity contribution in [3.05, 3.63) is 53.3 Å². The van der Waals surface area contributed by atoms with Crippen molar-refractivity contribution < 1.29 is 0 Å². The van der Waals surface area contributed by atoms with Crippen LogP contribution in [0.15, 0.2) is 41.7 Å². The van der Waals surface area contributed by atoms with Crippen LogP contribution in [0.2, 0.25) is 0 Å². The number of guanidine groups is 1. The molecular weight excluding hydrogens is 286 g/mol. The van der Waals surface area contributed by atoms with Crippen LogP contribution in [-0.4, -0.2) is 34.2 Å². The first-order chi connectivity index (χ1) is 11.1. The lowest BCUT2D eigenvalue weighted by atomic mass is 10.1. The topological polar surface area (TPSA) is 45.5 Å². The number of rotatable bonds is 6. The zero-order valence-corrected chi connectivity index (χ0v) is 14.6. The fraction of sp³-hybridized carbons (Fsp3) is 0.444. The Morgan fingerprint density at radius 1 is 1.17 bits per heavy atom. The predicted octanol–water partition coefficient (Wildman–Crippen LogP) is 2.58. The summed E-state index contributed by atoms with van der Waals surface area (Å²) >= 11 is 0. The molecule has 0 fully saturated rings. The first-order valence-corrected chi connectivity index (χ1v) is 8.17. The molecule has 0 bridgehead atoms. The molecule has 5 nitrogen and oxygen atoms in total. The smallest absolute Gasteiger partial charge is 0.194 e. The van der Waals surface area contributed by atoms with E-state index in [0.29, 0.717) is 6.54 Å². The van der Waals surface area contributed by atoms with Gasteiger partial charge in [-0.1, -0.05) is 31.2 Å². The van der Waals surface area contributed by atoms with Crippen LogP contribution in [0.5, 0.6) is 0 Å². The summed E-state index contributed by atoms with van der Waals surface area (Å²) in [5.74, 6) is 0.913. The van der Waals surface area contributed by atoms with Crippen molar-refractivity contribution in [2.45, 2.75) is 33.4 Å². The quantitative estimate of drug-likeness (QED) is 0.658. The third-order valence-corrected chi connectivity index (χ3v) is 3.72. The Bertz CT molecular complexity index is 627. The molecule has 2 rings (SSSR count). The van der Waals surface area contributed by atoms with Gasteiger partial charge in [-0.3, -0.25) is 4.68 Å². The van der Waals surface area contributed by atoms with E-state index in [2.05, 4.69) is 60.5 Å². The molecule has 0 spiro atoms. The second kappa shape index (κ2) is 8.36. The summed E-state index contributed by atoms with van der Waals surface area (Å²) in [6.45, 7) is 6.59. The molecular formula is C18H27N5. The molecule has 1 aromatic carbocycles. The van der Waals surface area contributed by atoms with E-state index < -0.39 is 0 Å². The summed E-state index contributed by atoms with van der Waals surface area (Å²) < 4.78 is 1.80. The maximum atomic E-state index is 4.70. The van der Waals surface area contributed by atoms with Crippen molar-refractivity contribution in [3.63, 3.8) is 0 Å². The Hall–Kier alpha value is -2.30. The summed E-state index contributed by atoms with van der Waals surface area (Å²) in [5, 5.41) is 7.53. The number of aromatic nitrogens is 2.